The maximum absolute atomic E-state index is 13.1. The molecule has 0 radical (unpaired) electrons. The van der Waals surface area contributed by atoms with Gasteiger partial charge in [-0.3, -0.25) is 9.59 Å². The van der Waals surface area contributed by atoms with E-state index in [1.165, 1.54) is 7.11 Å². The molecule has 1 N–H and O–H groups in total. The van der Waals surface area contributed by atoms with E-state index in [0.29, 0.717) is 48.2 Å². The topological polar surface area (TPSA) is 86.3 Å². The van der Waals surface area contributed by atoms with E-state index in [2.05, 4.69) is 5.32 Å². The molecule has 0 spiro atoms. The molecule has 1 fully saturated rings. The van der Waals surface area contributed by atoms with Crippen LogP contribution in [0.25, 0.3) is 0 Å². The third-order valence-corrected chi connectivity index (χ3v) is 5.91. The van der Waals surface area contributed by atoms with Crippen molar-refractivity contribution in [1.82, 2.24) is 10.2 Å². The lowest BCUT2D eigenvalue weighted by Crippen LogP contribution is -2.32. The van der Waals surface area contributed by atoms with Gasteiger partial charge in [0.15, 0.2) is 18.1 Å². The van der Waals surface area contributed by atoms with Crippen molar-refractivity contribution in [3.63, 3.8) is 0 Å². The minimum Gasteiger partial charge on any atom is -0.493 e. The highest BCUT2D eigenvalue weighted by Gasteiger charge is 2.24. The normalized spacial score (nSPS) is 15.6. The first-order valence-corrected chi connectivity index (χ1v) is 11.4. The molecule has 0 bridgehead atoms. The zero-order valence-electron chi connectivity index (χ0n) is 19.1. The maximum atomic E-state index is 13.1. The molecular formula is C25H30N2O6. The van der Waals surface area contributed by atoms with E-state index in [1.54, 1.807) is 12.1 Å². The van der Waals surface area contributed by atoms with Crippen molar-refractivity contribution in [3.8, 4) is 23.0 Å². The number of hydrogen-bond donors (Lipinski definition) is 1. The molecule has 176 valence electrons. The van der Waals surface area contributed by atoms with Crippen LogP contribution in [0.3, 0.4) is 0 Å². The van der Waals surface area contributed by atoms with Crippen molar-refractivity contribution >= 4 is 11.8 Å². The first kappa shape index (κ1) is 22.8. The molecule has 2 amide bonds. The third-order valence-electron chi connectivity index (χ3n) is 5.91. The van der Waals surface area contributed by atoms with Gasteiger partial charge in [0, 0.05) is 24.2 Å². The summed E-state index contributed by atoms with van der Waals surface area (Å²) in [4.78, 5) is 27.4. The summed E-state index contributed by atoms with van der Waals surface area (Å²) in [5.41, 5.74) is 1.24. The number of rotatable bonds is 8. The van der Waals surface area contributed by atoms with Crippen LogP contribution >= 0.6 is 0 Å². The third kappa shape index (κ3) is 5.16. The van der Waals surface area contributed by atoms with E-state index in [0.717, 1.165) is 31.5 Å². The number of carbonyl (C=O) groups excluding carboxylic acids is 2. The number of fused-ring (bicyclic) bond motifs is 1. The van der Waals surface area contributed by atoms with Gasteiger partial charge in [0.2, 0.25) is 5.75 Å². The lowest BCUT2D eigenvalue weighted by molar-refractivity contribution is -0.132. The molecule has 0 aliphatic carbocycles. The van der Waals surface area contributed by atoms with Crippen LogP contribution in [0.15, 0.2) is 36.4 Å². The van der Waals surface area contributed by atoms with Gasteiger partial charge in [0.05, 0.1) is 13.2 Å². The summed E-state index contributed by atoms with van der Waals surface area (Å²) < 4.78 is 22.6. The Hall–Kier alpha value is -3.42. The molecule has 1 unspecified atom stereocenters. The number of carbonyl (C=O) groups is 2. The molecule has 4 rings (SSSR count). The highest BCUT2D eigenvalue weighted by Crippen LogP contribution is 2.40. The minimum atomic E-state index is -0.296. The summed E-state index contributed by atoms with van der Waals surface area (Å²) >= 11 is 0. The fraction of sp³-hybridized carbons (Fsp3) is 0.440. The largest absolute Gasteiger partial charge is 0.493 e. The van der Waals surface area contributed by atoms with E-state index in [4.69, 9.17) is 18.9 Å². The Bertz CT molecular complexity index is 985. The first-order valence-electron chi connectivity index (χ1n) is 11.4. The van der Waals surface area contributed by atoms with Crippen LogP contribution in [0.2, 0.25) is 0 Å². The average molecular weight is 455 g/mol. The van der Waals surface area contributed by atoms with Gasteiger partial charge in [-0.05, 0) is 37.5 Å². The summed E-state index contributed by atoms with van der Waals surface area (Å²) in [5, 5.41) is 3.07. The molecule has 2 aliphatic rings. The van der Waals surface area contributed by atoms with Gasteiger partial charge < -0.3 is 29.2 Å². The van der Waals surface area contributed by atoms with Crippen molar-refractivity contribution in [3.05, 3.63) is 47.5 Å². The van der Waals surface area contributed by atoms with Gasteiger partial charge in [0.1, 0.15) is 19.0 Å². The molecular weight excluding hydrogens is 424 g/mol. The number of amides is 2. The Labute approximate surface area is 193 Å². The molecule has 0 aromatic heterocycles. The molecule has 8 heteroatoms. The summed E-state index contributed by atoms with van der Waals surface area (Å²) in [6, 6.07) is 10.5. The highest BCUT2D eigenvalue weighted by molar-refractivity contribution is 5.96. The number of methoxy groups -OCH3 is 1. The second-order valence-corrected chi connectivity index (χ2v) is 8.05. The standard InChI is InChI=1S/C25H30N2O6/c1-3-19(18-8-4-5-9-20(18)33-16-23(28)27-10-6-7-11-27)26-25(29)17-14-21(30-2)24-22(15-17)31-12-13-32-24/h4-5,8-9,14-15,19H,3,6-7,10-13,16H2,1-2H3,(H,26,29). The Morgan fingerprint density at radius 1 is 1.09 bits per heavy atom. The fourth-order valence-electron chi connectivity index (χ4n) is 4.14. The van der Waals surface area contributed by atoms with Crippen LogP contribution in [-0.4, -0.2) is 56.7 Å². The van der Waals surface area contributed by atoms with Crippen LogP contribution < -0.4 is 24.3 Å². The van der Waals surface area contributed by atoms with Gasteiger partial charge >= 0.3 is 0 Å². The summed E-state index contributed by atoms with van der Waals surface area (Å²) in [6.45, 7) is 4.40. The molecule has 1 atom stereocenters. The summed E-state index contributed by atoms with van der Waals surface area (Å²) in [7, 11) is 1.53. The van der Waals surface area contributed by atoms with E-state index in [9.17, 15) is 9.59 Å². The van der Waals surface area contributed by atoms with Gasteiger partial charge in [-0.2, -0.15) is 0 Å². The van der Waals surface area contributed by atoms with Gasteiger partial charge in [0.25, 0.3) is 11.8 Å². The molecule has 1 saturated heterocycles. The lowest BCUT2D eigenvalue weighted by atomic mass is 10.0. The van der Waals surface area contributed by atoms with Crippen molar-refractivity contribution in [2.45, 2.75) is 32.2 Å². The molecule has 33 heavy (non-hydrogen) atoms. The number of nitrogens with one attached hydrogen (secondary N) is 1. The van der Waals surface area contributed by atoms with Crippen molar-refractivity contribution in [2.24, 2.45) is 0 Å². The smallest absolute Gasteiger partial charge is 0.260 e. The summed E-state index contributed by atoms with van der Waals surface area (Å²) in [5.74, 6) is 1.77. The van der Waals surface area contributed by atoms with Crippen LogP contribution in [0.5, 0.6) is 23.0 Å². The van der Waals surface area contributed by atoms with Crippen molar-refractivity contribution in [1.29, 1.82) is 0 Å². The van der Waals surface area contributed by atoms with Gasteiger partial charge in [-0.15, -0.1) is 0 Å². The average Bonchev–Trinajstić information content (AvgIpc) is 3.40. The number of nitrogens with zero attached hydrogens (tertiary/aromatic N) is 1. The number of hydrogen-bond acceptors (Lipinski definition) is 6. The predicted molar refractivity (Wildman–Crippen MR) is 122 cm³/mol. The van der Waals surface area contributed by atoms with Crippen LogP contribution in [0, 0.1) is 0 Å². The fourth-order valence-corrected chi connectivity index (χ4v) is 4.14. The number of ether oxygens (including phenoxy) is 4. The van der Waals surface area contributed by atoms with E-state index >= 15 is 0 Å². The van der Waals surface area contributed by atoms with Crippen LogP contribution in [-0.2, 0) is 4.79 Å². The Balaban J connectivity index is 1.49. The highest BCUT2D eigenvalue weighted by atomic mass is 16.6. The summed E-state index contributed by atoms with van der Waals surface area (Å²) in [6.07, 6.45) is 2.72. The SMILES string of the molecule is CCC(NC(=O)c1cc(OC)c2c(c1)OCCO2)c1ccccc1OCC(=O)N1CCCC1. The molecule has 0 saturated carbocycles. The molecule has 2 aromatic carbocycles. The number of para-hydroxylation sites is 1. The number of likely N-dealkylation sites (tertiary alicyclic amines) is 1. The minimum absolute atomic E-state index is 0.0113. The van der Waals surface area contributed by atoms with E-state index in [1.807, 2.05) is 36.1 Å². The lowest BCUT2D eigenvalue weighted by Gasteiger charge is -2.23. The van der Waals surface area contributed by atoms with Gasteiger partial charge in [-0.1, -0.05) is 25.1 Å². The molecule has 8 nitrogen and oxygen atoms in total. The van der Waals surface area contributed by atoms with E-state index in [-0.39, 0.29) is 24.5 Å². The zero-order valence-corrected chi connectivity index (χ0v) is 19.1. The second-order valence-electron chi connectivity index (χ2n) is 8.05. The van der Waals surface area contributed by atoms with Crippen molar-refractivity contribution < 1.29 is 28.5 Å². The Kier molecular flexibility index (Phi) is 7.22. The van der Waals surface area contributed by atoms with Crippen LogP contribution in [0.4, 0.5) is 0 Å². The zero-order chi connectivity index (χ0) is 23.2. The molecule has 2 aromatic rings. The monoisotopic (exact) mass is 454 g/mol. The van der Waals surface area contributed by atoms with Crippen LogP contribution in [0.1, 0.15) is 48.1 Å². The quantitative estimate of drug-likeness (QED) is 0.658. The number of benzene rings is 2. The Morgan fingerprint density at radius 2 is 1.85 bits per heavy atom. The molecule has 2 heterocycles. The second kappa shape index (κ2) is 10.5. The Morgan fingerprint density at radius 3 is 2.61 bits per heavy atom. The maximum Gasteiger partial charge on any atom is 0.260 e. The van der Waals surface area contributed by atoms with Gasteiger partial charge in [-0.25, -0.2) is 0 Å². The van der Waals surface area contributed by atoms with E-state index < -0.39 is 0 Å². The first-order chi connectivity index (χ1) is 16.1. The van der Waals surface area contributed by atoms with Crippen molar-refractivity contribution in [2.75, 3.05) is 40.0 Å². The predicted octanol–water partition coefficient (Wildman–Crippen LogP) is 3.35. The molecule has 2 aliphatic heterocycles.